The van der Waals surface area contributed by atoms with Crippen molar-refractivity contribution in [3.63, 3.8) is 0 Å². The highest BCUT2D eigenvalue weighted by Gasteiger charge is 2.25. The summed E-state index contributed by atoms with van der Waals surface area (Å²) in [5.41, 5.74) is 3.20. The van der Waals surface area contributed by atoms with Crippen molar-refractivity contribution in [2.75, 3.05) is 0 Å². The summed E-state index contributed by atoms with van der Waals surface area (Å²) in [4.78, 5) is 0. The molecule has 0 saturated carbocycles. The Morgan fingerprint density at radius 1 is 1.07 bits per heavy atom. The summed E-state index contributed by atoms with van der Waals surface area (Å²) in [6.45, 7) is 0.304. The molecule has 0 fully saturated rings. The summed E-state index contributed by atoms with van der Waals surface area (Å²) >= 11 is 1.49. The van der Waals surface area contributed by atoms with Crippen LogP contribution in [0.1, 0.15) is 23.0 Å². The second kappa shape index (κ2) is 7.26. The maximum atomic E-state index is 14.1. The normalized spacial score (nSPS) is 16.0. The molecule has 1 aliphatic heterocycles. The average molecular weight is 393 g/mol. The maximum absolute atomic E-state index is 14.1. The molecule has 5 rings (SSSR count). The Hall–Kier alpha value is -2.90. The minimum absolute atomic E-state index is 0.300. The summed E-state index contributed by atoms with van der Waals surface area (Å²) in [5, 5.41) is 9.13. The van der Waals surface area contributed by atoms with E-state index in [0.717, 1.165) is 21.9 Å². The van der Waals surface area contributed by atoms with Crippen LogP contribution >= 0.6 is 11.8 Å². The zero-order chi connectivity index (χ0) is 18.9. The number of rotatable bonds is 4. The quantitative estimate of drug-likeness (QED) is 0.468. The van der Waals surface area contributed by atoms with Gasteiger partial charge in [-0.05, 0) is 24.3 Å². The molecule has 2 aromatic carbocycles. The molecule has 0 unspecified atom stereocenters. The van der Waals surface area contributed by atoms with Crippen molar-refractivity contribution in [3.05, 3.63) is 89.4 Å². The van der Waals surface area contributed by atoms with Crippen LogP contribution in [0, 0.1) is 5.82 Å². The van der Waals surface area contributed by atoms with Crippen molar-refractivity contribution >= 4 is 17.4 Å². The van der Waals surface area contributed by atoms with Crippen molar-refractivity contribution < 1.29 is 13.9 Å². The van der Waals surface area contributed by atoms with E-state index >= 15 is 0 Å². The Kier molecular flexibility index (Phi) is 4.46. The summed E-state index contributed by atoms with van der Waals surface area (Å²) in [5.74, 6) is 0.894. The van der Waals surface area contributed by atoms with Crippen LogP contribution in [0.3, 0.4) is 0 Å². The van der Waals surface area contributed by atoms with Crippen molar-refractivity contribution in [1.29, 1.82) is 0 Å². The van der Waals surface area contributed by atoms with Gasteiger partial charge in [-0.15, -0.1) is 10.2 Å². The molecule has 140 valence electrons. The van der Waals surface area contributed by atoms with Gasteiger partial charge in [0.2, 0.25) is 6.29 Å². The molecule has 0 N–H and O–H groups in total. The molecule has 3 heterocycles. The van der Waals surface area contributed by atoms with Crippen LogP contribution in [0.2, 0.25) is 0 Å². The number of ether oxygens (including phenoxy) is 2. The molecular weight excluding hydrogens is 377 g/mol. The van der Waals surface area contributed by atoms with Gasteiger partial charge >= 0.3 is 0 Å². The first-order chi connectivity index (χ1) is 13.8. The van der Waals surface area contributed by atoms with Crippen molar-refractivity contribution in [3.8, 4) is 5.75 Å². The lowest BCUT2D eigenvalue weighted by Gasteiger charge is -2.28. The van der Waals surface area contributed by atoms with E-state index in [4.69, 9.17) is 9.47 Å². The Labute approximate surface area is 165 Å². The Morgan fingerprint density at radius 3 is 2.82 bits per heavy atom. The van der Waals surface area contributed by atoms with Gasteiger partial charge in [0.05, 0.1) is 6.61 Å². The monoisotopic (exact) mass is 393 g/mol. The number of benzene rings is 2. The van der Waals surface area contributed by atoms with Gasteiger partial charge in [-0.1, -0.05) is 48.2 Å². The third kappa shape index (κ3) is 3.23. The molecule has 0 bridgehead atoms. The molecule has 1 aliphatic rings. The van der Waals surface area contributed by atoms with Crippen LogP contribution in [-0.4, -0.2) is 14.6 Å². The van der Waals surface area contributed by atoms with Gasteiger partial charge < -0.3 is 9.47 Å². The topological polar surface area (TPSA) is 48.7 Å². The van der Waals surface area contributed by atoms with Crippen LogP contribution in [-0.2, 0) is 17.1 Å². The molecule has 0 saturated heterocycles. The highest BCUT2D eigenvalue weighted by Crippen LogP contribution is 2.38. The fourth-order valence-corrected chi connectivity index (χ4v) is 4.11. The summed E-state index contributed by atoms with van der Waals surface area (Å²) in [7, 11) is 0. The number of hydrogen-bond donors (Lipinski definition) is 0. The summed E-state index contributed by atoms with van der Waals surface area (Å²) in [6.07, 6.45) is 1.41. The fourth-order valence-electron chi connectivity index (χ4n) is 3.22. The lowest BCUT2D eigenvalue weighted by molar-refractivity contribution is -0.112. The molecule has 0 radical (unpaired) electrons. The second-order valence-corrected chi connectivity index (χ2v) is 7.37. The number of nitrogens with zero attached hydrogens (tertiary/aromatic N) is 3. The molecule has 7 heteroatoms. The van der Waals surface area contributed by atoms with Crippen LogP contribution in [0.4, 0.5) is 4.39 Å². The Bertz CT molecular complexity index is 1130. The van der Waals surface area contributed by atoms with Crippen LogP contribution < -0.4 is 4.74 Å². The second-order valence-electron chi connectivity index (χ2n) is 6.42. The molecule has 0 aliphatic carbocycles. The lowest BCUT2D eigenvalue weighted by atomic mass is 10.1. The van der Waals surface area contributed by atoms with Gasteiger partial charge in [-0.25, -0.2) is 4.39 Å². The molecule has 2 aromatic heterocycles. The third-order valence-electron chi connectivity index (χ3n) is 4.53. The Morgan fingerprint density at radius 2 is 1.93 bits per heavy atom. The molecule has 0 amide bonds. The van der Waals surface area contributed by atoms with E-state index in [1.165, 1.54) is 23.9 Å². The fraction of sp³-hybridized carbons (Fsp3) is 0.143. The predicted molar refractivity (Wildman–Crippen MR) is 104 cm³/mol. The van der Waals surface area contributed by atoms with Crippen molar-refractivity contribution in [2.24, 2.45) is 0 Å². The van der Waals surface area contributed by atoms with Crippen LogP contribution in [0.25, 0.3) is 5.65 Å². The van der Waals surface area contributed by atoms with E-state index in [1.807, 2.05) is 59.1 Å². The first kappa shape index (κ1) is 17.2. The van der Waals surface area contributed by atoms with Crippen LogP contribution in [0.5, 0.6) is 5.75 Å². The van der Waals surface area contributed by atoms with E-state index in [2.05, 4.69) is 10.2 Å². The van der Waals surface area contributed by atoms with Crippen molar-refractivity contribution in [2.45, 2.75) is 23.8 Å². The van der Waals surface area contributed by atoms with Gasteiger partial charge in [-0.2, -0.15) is 0 Å². The molecule has 28 heavy (non-hydrogen) atoms. The van der Waals surface area contributed by atoms with Gasteiger partial charge in [0.15, 0.2) is 10.8 Å². The maximum Gasteiger partial charge on any atom is 0.227 e. The zero-order valence-electron chi connectivity index (χ0n) is 14.8. The minimum atomic E-state index is -0.503. The molecule has 1 atom stereocenters. The number of halogens is 1. The van der Waals surface area contributed by atoms with E-state index in [0.29, 0.717) is 23.7 Å². The molecule has 0 spiro atoms. The number of fused-ring (bicyclic) bond motifs is 2. The summed E-state index contributed by atoms with van der Waals surface area (Å²) in [6, 6.07) is 18.5. The van der Waals surface area contributed by atoms with E-state index in [1.54, 1.807) is 0 Å². The number of pyridine rings is 1. The molecule has 5 nitrogen and oxygen atoms in total. The van der Waals surface area contributed by atoms with Gasteiger partial charge in [0, 0.05) is 28.6 Å². The highest BCUT2D eigenvalue weighted by molar-refractivity contribution is 7.98. The number of thioether (sulfide) groups is 1. The minimum Gasteiger partial charge on any atom is -0.460 e. The first-order valence-electron chi connectivity index (χ1n) is 8.85. The first-order valence-corrected chi connectivity index (χ1v) is 9.83. The zero-order valence-corrected chi connectivity index (χ0v) is 15.6. The number of aromatic nitrogens is 3. The predicted octanol–water partition coefficient (Wildman–Crippen LogP) is 4.77. The SMILES string of the molecule is Fc1cc2c(c(CSc3nnc4ccccn34)c1)O[C@@H](c1ccccc1)OC2. The van der Waals surface area contributed by atoms with E-state index in [9.17, 15) is 4.39 Å². The van der Waals surface area contributed by atoms with Gasteiger partial charge in [0.1, 0.15) is 11.6 Å². The van der Waals surface area contributed by atoms with Gasteiger partial charge in [-0.3, -0.25) is 4.40 Å². The van der Waals surface area contributed by atoms with Gasteiger partial charge in [0.25, 0.3) is 0 Å². The standard InChI is InChI=1S/C21H16FN3O2S/c22-17-10-15-12-26-20(14-6-2-1-3-7-14)27-19(15)16(11-17)13-28-21-24-23-18-8-4-5-9-25(18)21/h1-11,20H,12-13H2/t20-/m0/s1. The van der Waals surface area contributed by atoms with Crippen molar-refractivity contribution in [1.82, 2.24) is 14.6 Å². The summed E-state index contributed by atoms with van der Waals surface area (Å²) < 4.78 is 28.0. The third-order valence-corrected chi connectivity index (χ3v) is 5.53. The lowest BCUT2D eigenvalue weighted by Crippen LogP contribution is -2.19. The smallest absolute Gasteiger partial charge is 0.227 e. The van der Waals surface area contributed by atoms with E-state index < -0.39 is 6.29 Å². The molecular formula is C21H16FN3O2S. The van der Waals surface area contributed by atoms with Crippen LogP contribution in [0.15, 0.2) is 72.0 Å². The highest BCUT2D eigenvalue weighted by atomic mass is 32.2. The molecule has 4 aromatic rings. The number of hydrogen-bond acceptors (Lipinski definition) is 5. The largest absolute Gasteiger partial charge is 0.460 e. The Balaban J connectivity index is 1.43. The average Bonchev–Trinajstić information content (AvgIpc) is 3.15. The van der Waals surface area contributed by atoms with E-state index in [-0.39, 0.29) is 5.82 Å².